The first-order valence-corrected chi connectivity index (χ1v) is 13.8. The molecule has 0 fully saturated rings. The molecule has 2 heterocycles. The minimum atomic E-state index is -3.92. The molecule has 37 heavy (non-hydrogen) atoms. The largest absolute Gasteiger partial charge is 0.416 e. The molecule has 0 aliphatic heterocycles. The van der Waals surface area contributed by atoms with E-state index in [2.05, 4.69) is 20.1 Å². The first-order valence-electron chi connectivity index (χ1n) is 11.6. The van der Waals surface area contributed by atoms with Crippen LogP contribution in [0.5, 0.6) is 0 Å². The summed E-state index contributed by atoms with van der Waals surface area (Å²) in [5.41, 5.74) is 7.26. The Labute approximate surface area is 217 Å². The molecular weight excluding hydrogens is 513 g/mol. The summed E-state index contributed by atoms with van der Waals surface area (Å²) in [6, 6.07) is 17.0. The average molecular weight is 536 g/mol. The molecule has 0 radical (unpaired) electrons. The monoisotopic (exact) mass is 535 g/mol. The number of nitrogens with zero attached hydrogens (tertiary/aromatic N) is 4. The minimum absolute atomic E-state index is 0.122. The van der Waals surface area contributed by atoms with Gasteiger partial charge in [-0.2, -0.15) is 0 Å². The van der Waals surface area contributed by atoms with E-state index in [4.69, 9.17) is 21.0 Å². The number of fused-ring (bicyclic) bond motifs is 1. The van der Waals surface area contributed by atoms with E-state index in [9.17, 15) is 14.4 Å². The summed E-state index contributed by atoms with van der Waals surface area (Å²) in [7, 11) is -3.92. The highest BCUT2D eigenvalue weighted by molar-refractivity contribution is 7.56. The second-order valence-corrected chi connectivity index (χ2v) is 11.3. The molecule has 5 rings (SSSR count). The van der Waals surface area contributed by atoms with Crippen LogP contribution in [0.3, 0.4) is 0 Å². The number of hydrogen-bond acceptors (Lipinski definition) is 6. The summed E-state index contributed by atoms with van der Waals surface area (Å²) >= 11 is 5.96. The quantitative estimate of drug-likeness (QED) is 0.160. The number of nitroso groups, excluding NO2 is 1. The number of aromatic amines is 1. The molecule has 9 nitrogen and oxygen atoms in total. The zero-order chi connectivity index (χ0) is 26.2. The van der Waals surface area contributed by atoms with E-state index in [1.807, 2.05) is 56.3 Å². The number of nitrogens with one attached hydrogen (secondary N) is 1. The van der Waals surface area contributed by atoms with Gasteiger partial charge < -0.3 is 14.3 Å². The fourth-order valence-corrected chi connectivity index (χ4v) is 5.19. The Morgan fingerprint density at radius 2 is 1.65 bits per heavy atom. The van der Waals surface area contributed by atoms with E-state index in [1.54, 1.807) is 12.1 Å². The average Bonchev–Trinajstić information content (AvgIpc) is 3.51. The predicted molar refractivity (Wildman–Crippen MR) is 144 cm³/mol. The summed E-state index contributed by atoms with van der Waals surface area (Å²) in [6.07, 6.45) is 0.859. The van der Waals surface area contributed by atoms with Gasteiger partial charge in [0.2, 0.25) is 11.8 Å². The van der Waals surface area contributed by atoms with Crippen molar-refractivity contribution in [1.29, 1.82) is 0 Å². The SMILES string of the molecule is Cc1cc(CCCP(=O)(O)N=O)cc(C)c1-c1nc2ccc(-c3nnc(-c4ccc(Cl)cc4)o3)cc2[nH]1. The fourth-order valence-electron chi connectivity index (χ4n) is 4.41. The molecule has 0 aliphatic carbocycles. The van der Waals surface area contributed by atoms with Crippen LogP contribution in [0.4, 0.5) is 0 Å². The Bertz CT molecular complexity index is 1640. The Morgan fingerprint density at radius 1 is 1.00 bits per heavy atom. The number of benzene rings is 3. The van der Waals surface area contributed by atoms with Crippen molar-refractivity contribution in [2.45, 2.75) is 26.7 Å². The van der Waals surface area contributed by atoms with Crippen molar-refractivity contribution in [2.75, 3.05) is 6.16 Å². The molecule has 3 aromatic carbocycles. The van der Waals surface area contributed by atoms with Crippen molar-refractivity contribution in [3.8, 4) is 34.3 Å². The van der Waals surface area contributed by atoms with E-state index in [0.717, 1.165) is 50.2 Å². The molecule has 188 valence electrons. The van der Waals surface area contributed by atoms with Gasteiger partial charge in [0.1, 0.15) is 5.82 Å². The van der Waals surface area contributed by atoms with Gasteiger partial charge in [0.05, 0.1) is 11.0 Å². The normalized spacial score (nSPS) is 13.1. The topological polar surface area (TPSA) is 134 Å². The van der Waals surface area contributed by atoms with Crippen molar-refractivity contribution in [2.24, 2.45) is 4.95 Å². The molecule has 0 spiro atoms. The maximum atomic E-state index is 11.5. The molecule has 1 atom stereocenters. The molecule has 0 saturated carbocycles. The fraction of sp³-hybridized carbons (Fsp3) is 0.192. The van der Waals surface area contributed by atoms with Crippen LogP contribution in [0.1, 0.15) is 23.1 Å². The molecule has 2 N–H and O–H groups in total. The second kappa shape index (κ2) is 10.0. The maximum absolute atomic E-state index is 11.5. The first-order chi connectivity index (χ1) is 17.7. The third kappa shape index (κ3) is 5.39. The van der Waals surface area contributed by atoms with Gasteiger partial charge >= 0.3 is 7.52 Å². The van der Waals surface area contributed by atoms with E-state index in [1.165, 1.54) is 0 Å². The van der Waals surface area contributed by atoms with E-state index in [-0.39, 0.29) is 6.16 Å². The van der Waals surface area contributed by atoms with Crippen molar-refractivity contribution in [1.82, 2.24) is 20.2 Å². The Morgan fingerprint density at radius 3 is 2.32 bits per heavy atom. The highest BCUT2D eigenvalue weighted by Gasteiger charge is 2.19. The maximum Gasteiger partial charge on any atom is 0.350 e. The lowest BCUT2D eigenvalue weighted by Gasteiger charge is -2.11. The summed E-state index contributed by atoms with van der Waals surface area (Å²) in [5, 5.41) is 8.99. The van der Waals surface area contributed by atoms with Crippen LogP contribution in [0.25, 0.3) is 45.3 Å². The number of imidazole rings is 1. The molecule has 5 aromatic rings. The molecular formula is C26H23ClN5O4P. The molecule has 11 heteroatoms. The van der Waals surface area contributed by atoms with Gasteiger partial charge in [-0.05, 0) is 85.8 Å². The third-order valence-corrected chi connectivity index (χ3v) is 7.52. The molecule has 0 saturated heterocycles. The zero-order valence-electron chi connectivity index (χ0n) is 20.1. The van der Waals surface area contributed by atoms with Crippen LogP contribution in [0.2, 0.25) is 5.02 Å². The standard InChI is InChI=1S/C26H23ClN5O4P/c1-15-12-17(4-3-11-37(34,35)32-33)13-16(2)23(15)24-28-21-10-7-19(14-22(21)29-24)26-31-30-25(36-26)18-5-8-20(27)9-6-18/h5-10,12-14H,3-4,11H2,1-2H3,(H,28,29)(H,34,35). The van der Waals surface area contributed by atoms with Crippen LogP contribution in [0, 0.1) is 18.8 Å². The Hall–Kier alpha value is -3.65. The van der Waals surface area contributed by atoms with Gasteiger partial charge in [-0.1, -0.05) is 23.7 Å². The first kappa shape index (κ1) is 25.0. The number of aromatic nitrogens is 4. The number of halogens is 1. The Balaban J connectivity index is 1.39. The molecule has 1 unspecified atom stereocenters. The van der Waals surface area contributed by atoms with Gasteiger partial charge in [0.25, 0.3) is 0 Å². The lowest BCUT2D eigenvalue weighted by molar-refractivity contribution is 0.477. The van der Waals surface area contributed by atoms with Crippen LogP contribution < -0.4 is 0 Å². The molecule has 0 bridgehead atoms. The predicted octanol–water partition coefficient (Wildman–Crippen LogP) is 7.10. The summed E-state index contributed by atoms with van der Waals surface area (Å²) in [6.45, 7) is 4.01. The summed E-state index contributed by atoms with van der Waals surface area (Å²) in [4.78, 5) is 30.3. The van der Waals surface area contributed by atoms with Crippen LogP contribution in [0.15, 0.2) is 64.0 Å². The van der Waals surface area contributed by atoms with Crippen LogP contribution >= 0.6 is 19.1 Å². The molecule has 2 aromatic heterocycles. The number of hydrogen-bond donors (Lipinski definition) is 2. The minimum Gasteiger partial charge on any atom is -0.416 e. The van der Waals surface area contributed by atoms with Crippen LogP contribution in [-0.4, -0.2) is 31.2 Å². The zero-order valence-corrected chi connectivity index (χ0v) is 21.8. The number of H-pyrrole nitrogens is 1. The third-order valence-electron chi connectivity index (χ3n) is 6.12. The van der Waals surface area contributed by atoms with Crippen molar-refractivity contribution in [3.05, 3.63) is 81.2 Å². The lowest BCUT2D eigenvalue weighted by Crippen LogP contribution is -1.96. The molecule has 0 aliphatic rings. The van der Waals surface area contributed by atoms with E-state index < -0.39 is 7.52 Å². The summed E-state index contributed by atoms with van der Waals surface area (Å²) in [5.74, 6) is 1.55. The van der Waals surface area contributed by atoms with Crippen molar-refractivity contribution < 1.29 is 13.9 Å². The second-order valence-electron chi connectivity index (χ2n) is 8.91. The molecule has 0 amide bonds. The van der Waals surface area contributed by atoms with E-state index >= 15 is 0 Å². The van der Waals surface area contributed by atoms with E-state index in [0.29, 0.717) is 29.6 Å². The highest BCUT2D eigenvalue weighted by Crippen LogP contribution is 2.42. The van der Waals surface area contributed by atoms with Crippen LogP contribution in [-0.2, 0) is 11.0 Å². The lowest BCUT2D eigenvalue weighted by atomic mass is 9.97. The highest BCUT2D eigenvalue weighted by atomic mass is 35.5. The van der Waals surface area contributed by atoms with Crippen molar-refractivity contribution in [3.63, 3.8) is 0 Å². The smallest absolute Gasteiger partial charge is 0.350 e. The van der Waals surface area contributed by atoms with Crippen molar-refractivity contribution >= 4 is 30.2 Å². The van der Waals surface area contributed by atoms with Gasteiger partial charge in [-0.3, -0.25) is 4.57 Å². The number of aryl methyl sites for hydroxylation is 3. The van der Waals surface area contributed by atoms with Gasteiger partial charge in [0.15, 0.2) is 0 Å². The van der Waals surface area contributed by atoms with Gasteiger partial charge in [-0.25, -0.2) is 4.98 Å². The Kier molecular flexibility index (Phi) is 6.77. The summed E-state index contributed by atoms with van der Waals surface area (Å²) < 4.78 is 17.4. The number of rotatable bonds is 8. The van der Waals surface area contributed by atoms with Gasteiger partial charge in [0, 0.05) is 32.8 Å². The van der Waals surface area contributed by atoms with Gasteiger partial charge in [-0.15, -0.1) is 15.1 Å².